The second-order valence-electron chi connectivity index (χ2n) is 7.66. The first kappa shape index (κ1) is 21.1. The molecule has 1 aromatic heterocycles. The zero-order valence-electron chi connectivity index (χ0n) is 18.6. The van der Waals surface area contributed by atoms with Gasteiger partial charge in [-0.05, 0) is 49.4 Å². The molecule has 1 aliphatic rings. The van der Waals surface area contributed by atoms with Gasteiger partial charge in [0, 0.05) is 24.4 Å². The SMILES string of the molecule is Cc1nn(-c2cccc(C(=O)N(C)c3ccc4c(c3)OCO4)c2)c(Oc2ccccc2)c1C#N. The van der Waals surface area contributed by atoms with Gasteiger partial charge in [0.2, 0.25) is 12.7 Å². The van der Waals surface area contributed by atoms with Gasteiger partial charge in [-0.1, -0.05) is 24.3 Å². The Labute approximate surface area is 196 Å². The lowest BCUT2D eigenvalue weighted by atomic mass is 10.1. The van der Waals surface area contributed by atoms with Gasteiger partial charge in [-0.15, -0.1) is 0 Å². The van der Waals surface area contributed by atoms with Gasteiger partial charge in [0.05, 0.1) is 11.4 Å². The van der Waals surface area contributed by atoms with Gasteiger partial charge in [0.25, 0.3) is 5.91 Å². The highest BCUT2D eigenvalue weighted by Gasteiger charge is 2.22. The van der Waals surface area contributed by atoms with Crippen LogP contribution in [0.1, 0.15) is 21.6 Å². The minimum atomic E-state index is -0.212. The zero-order valence-corrected chi connectivity index (χ0v) is 18.6. The third-order valence-corrected chi connectivity index (χ3v) is 5.47. The van der Waals surface area contributed by atoms with Crippen molar-refractivity contribution >= 4 is 11.6 Å². The van der Waals surface area contributed by atoms with Gasteiger partial charge in [-0.2, -0.15) is 15.0 Å². The number of hydrogen-bond donors (Lipinski definition) is 0. The molecular weight excluding hydrogens is 432 g/mol. The lowest BCUT2D eigenvalue weighted by molar-refractivity contribution is 0.0993. The van der Waals surface area contributed by atoms with Crippen molar-refractivity contribution in [3.05, 3.63) is 89.6 Å². The second kappa shape index (κ2) is 8.64. The summed E-state index contributed by atoms with van der Waals surface area (Å²) in [5.74, 6) is 1.91. The van der Waals surface area contributed by atoms with Crippen molar-refractivity contribution in [3.8, 4) is 34.9 Å². The van der Waals surface area contributed by atoms with E-state index in [1.807, 2.05) is 24.3 Å². The molecule has 5 rings (SSSR count). The number of carbonyl (C=O) groups is 1. The fourth-order valence-electron chi connectivity index (χ4n) is 3.68. The molecule has 4 aromatic rings. The molecule has 0 aliphatic carbocycles. The fourth-order valence-corrected chi connectivity index (χ4v) is 3.68. The smallest absolute Gasteiger partial charge is 0.258 e. The number of anilines is 1. The molecule has 0 radical (unpaired) electrons. The van der Waals surface area contributed by atoms with Crippen molar-refractivity contribution in [1.29, 1.82) is 5.26 Å². The number of nitrogens with zero attached hydrogens (tertiary/aromatic N) is 4. The molecule has 0 unspecified atom stereocenters. The zero-order chi connectivity index (χ0) is 23.7. The molecule has 0 spiro atoms. The monoisotopic (exact) mass is 452 g/mol. The van der Waals surface area contributed by atoms with E-state index in [1.54, 1.807) is 62.5 Å². The summed E-state index contributed by atoms with van der Waals surface area (Å²) in [6, 6.07) is 23.7. The Bertz CT molecular complexity index is 1420. The number of rotatable bonds is 5. The van der Waals surface area contributed by atoms with Crippen LogP contribution in [-0.2, 0) is 0 Å². The van der Waals surface area contributed by atoms with Gasteiger partial charge in [-0.25, -0.2) is 0 Å². The third-order valence-electron chi connectivity index (χ3n) is 5.47. The first-order chi connectivity index (χ1) is 16.5. The summed E-state index contributed by atoms with van der Waals surface area (Å²) in [6.45, 7) is 1.91. The van der Waals surface area contributed by atoms with Crippen LogP contribution < -0.4 is 19.1 Å². The van der Waals surface area contributed by atoms with Crippen molar-refractivity contribution in [2.75, 3.05) is 18.7 Å². The predicted molar refractivity (Wildman–Crippen MR) is 125 cm³/mol. The van der Waals surface area contributed by atoms with E-state index in [1.165, 1.54) is 9.58 Å². The summed E-state index contributed by atoms with van der Waals surface area (Å²) in [5, 5.41) is 14.2. The first-order valence-corrected chi connectivity index (χ1v) is 10.6. The standard InChI is InChI=1S/C26H20N4O4/c1-17-22(15-27)26(34-21-9-4-3-5-10-21)30(28-17)20-8-6-7-18(13-20)25(31)29(2)19-11-12-23-24(14-19)33-16-32-23/h3-14H,16H2,1-2H3. The normalized spacial score (nSPS) is 11.7. The molecule has 0 atom stereocenters. The van der Waals surface area contributed by atoms with Crippen LogP contribution in [0.15, 0.2) is 72.8 Å². The number of carbonyl (C=O) groups excluding carboxylic acids is 1. The topological polar surface area (TPSA) is 89.6 Å². The van der Waals surface area contributed by atoms with Crippen LogP contribution in [0.25, 0.3) is 5.69 Å². The highest BCUT2D eigenvalue weighted by molar-refractivity contribution is 6.06. The van der Waals surface area contributed by atoms with E-state index in [-0.39, 0.29) is 12.7 Å². The number of amides is 1. The molecule has 34 heavy (non-hydrogen) atoms. The molecular formula is C26H20N4O4. The molecule has 168 valence electrons. The summed E-state index contributed by atoms with van der Waals surface area (Å²) in [7, 11) is 1.70. The number of ether oxygens (including phenoxy) is 3. The molecule has 0 bridgehead atoms. The van der Waals surface area contributed by atoms with Crippen LogP contribution in [0.2, 0.25) is 0 Å². The van der Waals surface area contributed by atoms with E-state index in [9.17, 15) is 10.1 Å². The summed E-state index contributed by atoms with van der Waals surface area (Å²) in [4.78, 5) is 14.8. The number of para-hydroxylation sites is 1. The molecule has 8 heteroatoms. The van der Waals surface area contributed by atoms with Crippen LogP contribution >= 0.6 is 0 Å². The van der Waals surface area contributed by atoms with Gasteiger partial charge in [0.1, 0.15) is 17.4 Å². The number of benzene rings is 3. The van der Waals surface area contributed by atoms with E-state index in [2.05, 4.69) is 11.2 Å². The van der Waals surface area contributed by atoms with E-state index >= 15 is 0 Å². The largest absolute Gasteiger partial charge is 0.454 e. The van der Waals surface area contributed by atoms with Crippen molar-refractivity contribution in [3.63, 3.8) is 0 Å². The average Bonchev–Trinajstić information content (AvgIpc) is 3.47. The number of hydrogen-bond acceptors (Lipinski definition) is 6. The van der Waals surface area contributed by atoms with Gasteiger partial charge in [0.15, 0.2) is 11.5 Å². The van der Waals surface area contributed by atoms with Gasteiger partial charge >= 0.3 is 0 Å². The summed E-state index contributed by atoms with van der Waals surface area (Å²) in [6.07, 6.45) is 0. The Balaban J connectivity index is 1.49. The highest BCUT2D eigenvalue weighted by Crippen LogP contribution is 2.36. The lowest BCUT2D eigenvalue weighted by Gasteiger charge is -2.18. The van der Waals surface area contributed by atoms with Crippen LogP contribution in [0.4, 0.5) is 5.69 Å². The van der Waals surface area contributed by atoms with Crippen molar-refractivity contribution in [2.24, 2.45) is 0 Å². The second-order valence-corrected chi connectivity index (χ2v) is 7.66. The fraction of sp³-hybridized carbons (Fsp3) is 0.115. The van der Waals surface area contributed by atoms with E-state index in [4.69, 9.17) is 14.2 Å². The van der Waals surface area contributed by atoms with Gasteiger partial charge in [-0.3, -0.25) is 4.79 Å². The molecule has 2 heterocycles. The first-order valence-electron chi connectivity index (χ1n) is 10.6. The summed E-state index contributed by atoms with van der Waals surface area (Å²) >= 11 is 0. The Morgan fingerprint density at radius 2 is 1.85 bits per heavy atom. The Morgan fingerprint density at radius 3 is 2.65 bits per heavy atom. The van der Waals surface area contributed by atoms with E-state index in [0.29, 0.717) is 51.3 Å². The predicted octanol–water partition coefficient (Wildman–Crippen LogP) is 4.85. The van der Waals surface area contributed by atoms with Gasteiger partial charge < -0.3 is 19.1 Å². The highest BCUT2D eigenvalue weighted by atomic mass is 16.7. The quantitative estimate of drug-likeness (QED) is 0.430. The maximum Gasteiger partial charge on any atom is 0.258 e. The minimum Gasteiger partial charge on any atom is -0.454 e. The molecule has 3 aromatic carbocycles. The Hall–Kier alpha value is -4.77. The third kappa shape index (κ3) is 3.80. The molecule has 0 fully saturated rings. The van der Waals surface area contributed by atoms with Crippen LogP contribution in [-0.4, -0.2) is 29.5 Å². The maximum absolute atomic E-state index is 13.3. The molecule has 1 aliphatic heterocycles. The number of aryl methyl sites for hydroxylation is 1. The average molecular weight is 452 g/mol. The minimum absolute atomic E-state index is 0.167. The molecule has 0 saturated carbocycles. The van der Waals surface area contributed by atoms with E-state index < -0.39 is 0 Å². The molecule has 8 nitrogen and oxygen atoms in total. The number of fused-ring (bicyclic) bond motifs is 1. The maximum atomic E-state index is 13.3. The summed E-state index contributed by atoms with van der Waals surface area (Å²) in [5.41, 5.74) is 2.59. The lowest BCUT2D eigenvalue weighted by Crippen LogP contribution is -2.26. The molecule has 1 amide bonds. The number of nitriles is 1. The van der Waals surface area contributed by atoms with Crippen LogP contribution in [0.5, 0.6) is 23.1 Å². The number of aromatic nitrogens is 2. The van der Waals surface area contributed by atoms with Crippen molar-refractivity contribution < 1.29 is 19.0 Å². The Morgan fingerprint density at radius 1 is 1.06 bits per heavy atom. The van der Waals surface area contributed by atoms with Crippen LogP contribution in [0.3, 0.4) is 0 Å². The molecule has 0 N–H and O–H groups in total. The van der Waals surface area contributed by atoms with E-state index in [0.717, 1.165) is 0 Å². The Kier molecular flexibility index (Phi) is 5.36. The molecule has 0 saturated heterocycles. The van der Waals surface area contributed by atoms with Crippen molar-refractivity contribution in [1.82, 2.24) is 9.78 Å². The van der Waals surface area contributed by atoms with Crippen LogP contribution in [0, 0.1) is 18.3 Å². The summed E-state index contributed by atoms with van der Waals surface area (Å²) < 4.78 is 18.3. The van der Waals surface area contributed by atoms with Crippen molar-refractivity contribution in [2.45, 2.75) is 6.92 Å².